The highest BCUT2D eigenvalue weighted by atomic mass is 79.9. The van der Waals surface area contributed by atoms with E-state index in [9.17, 15) is 14.0 Å². The van der Waals surface area contributed by atoms with Gasteiger partial charge in [-0.2, -0.15) is 0 Å². The van der Waals surface area contributed by atoms with Crippen molar-refractivity contribution in [3.63, 3.8) is 0 Å². The SMILES string of the molecule is O=C(Cc1ccc(F)c(Br)c1)Nc1cccc(C(=O)NC2CC2)c1. The molecular formula is C18H16BrFN2O2. The maximum absolute atomic E-state index is 13.2. The predicted octanol–water partition coefficient (Wildman–Crippen LogP) is 3.66. The van der Waals surface area contributed by atoms with Gasteiger partial charge in [0, 0.05) is 17.3 Å². The van der Waals surface area contributed by atoms with Gasteiger partial charge in [0.2, 0.25) is 5.91 Å². The van der Waals surface area contributed by atoms with Gasteiger partial charge in [-0.15, -0.1) is 0 Å². The maximum atomic E-state index is 13.2. The van der Waals surface area contributed by atoms with Crippen molar-refractivity contribution in [1.82, 2.24) is 5.32 Å². The molecule has 2 amide bonds. The minimum absolute atomic E-state index is 0.122. The van der Waals surface area contributed by atoms with E-state index in [1.165, 1.54) is 6.07 Å². The first kappa shape index (κ1) is 16.6. The first-order valence-corrected chi connectivity index (χ1v) is 8.45. The van der Waals surface area contributed by atoms with Crippen LogP contribution in [-0.4, -0.2) is 17.9 Å². The fraction of sp³-hybridized carbons (Fsp3) is 0.222. The van der Waals surface area contributed by atoms with Gasteiger partial charge in [0.05, 0.1) is 10.9 Å². The Morgan fingerprint density at radius 3 is 2.67 bits per heavy atom. The fourth-order valence-corrected chi connectivity index (χ4v) is 2.70. The Kier molecular flexibility index (Phi) is 4.94. The van der Waals surface area contributed by atoms with E-state index in [2.05, 4.69) is 26.6 Å². The number of carbonyl (C=O) groups excluding carboxylic acids is 2. The topological polar surface area (TPSA) is 58.2 Å². The molecule has 0 bridgehead atoms. The van der Waals surface area contributed by atoms with E-state index in [1.807, 2.05) is 0 Å². The average Bonchev–Trinajstić information content (AvgIpc) is 3.35. The van der Waals surface area contributed by atoms with Crippen LogP contribution in [0.5, 0.6) is 0 Å². The molecular weight excluding hydrogens is 375 g/mol. The van der Waals surface area contributed by atoms with Gasteiger partial charge in [0.15, 0.2) is 0 Å². The van der Waals surface area contributed by atoms with Gasteiger partial charge >= 0.3 is 0 Å². The van der Waals surface area contributed by atoms with Crippen LogP contribution in [0.4, 0.5) is 10.1 Å². The highest BCUT2D eigenvalue weighted by Crippen LogP contribution is 2.20. The van der Waals surface area contributed by atoms with E-state index >= 15 is 0 Å². The van der Waals surface area contributed by atoms with Crippen LogP contribution in [0.25, 0.3) is 0 Å². The molecule has 4 nitrogen and oxygen atoms in total. The molecule has 2 N–H and O–H groups in total. The Balaban J connectivity index is 1.63. The van der Waals surface area contributed by atoms with Crippen LogP contribution in [0.1, 0.15) is 28.8 Å². The number of anilines is 1. The molecule has 0 unspecified atom stereocenters. The second-order valence-corrected chi connectivity index (χ2v) is 6.66. The molecule has 0 aromatic heterocycles. The van der Waals surface area contributed by atoms with Crippen molar-refractivity contribution in [2.24, 2.45) is 0 Å². The van der Waals surface area contributed by atoms with Crippen LogP contribution in [0.3, 0.4) is 0 Å². The van der Waals surface area contributed by atoms with Gasteiger partial charge < -0.3 is 10.6 Å². The van der Waals surface area contributed by atoms with Crippen LogP contribution < -0.4 is 10.6 Å². The fourth-order valence-electron chi connectivity index (χ4n) is 2.27. The monoisotopic (exact) mass is 390 g/mol. The minimum atomic E-state index is -0.367. The van der Waals surface area contributed by atoms with Gasteiger partial charge in [-0.25, -0.2) is 4.39 Å². The summed E-state index contributed by atoms with van der Waals surface area (Å²) in [7, 11) is 0. The Morgan fingerprint density at radius 2 is 1.96 bits per heavy atom. The standard InChI is InChI=1S/C18H16BrFN2O2/c19-15-8-11(4-7-16(15)20)9-17(23)21-14-3-1-2-12(10-14)18(24)22-13-5-6-13/h1-4,7-8,10,13H,5-6,9H2,(H,21,23)(H,22,24). The summed E-state index contributed by atoms with van der Waals surface area (Å²) < 4.78 is 13.5. The summed E-state index contributed by atoms with van der Waals surface area (Å²) in [4.78, 5) is 24.2. The normalized spacial score (nSPS) is 13.4. The number of carbonyl (C=O) groups is 2. The number of halogens is 2. The zero-order valence-corrected chi connectivity index (χ0v) is 14.4. The lowest BCUT2D eigenvalue weighted by Gasteiger charge is -2.08. The summed E-state index contributed by atoms with van der Waals surface area (Å²) in [5.41, 5.74) is 1.78. The third-order valence-electron chi connectivity index (χ3n) is 3.67. The number of benzene rings is 2. The molecule has 2 aromatic carbocycles. The summed E-state index contributed by atoms with van der Waals surface area (Å²) in [6.45, 7) is 0. The van der Waals surface area contributed by atoms with Crippen LogP contribution in [-0.2, 0) is 11.2 Å². The quantitative estimate of drug-likeness (QED) is 0.818. The van der Waals surface area contributed by atoms with Crippen molar-refractivity contribution in [1.29, 1.82) is 0 Å². The molecule has 3 rings (SSSR count). The zero-order chi connectivity index (χ0) is 17.1. The number of nitrogens with one attached hydrogen (secondary N) is 2. The second-order valence-electron chi connectivity index (χ2n) is 5.80. The summed E-state index contributed by atoms with van der Waals surface area (Å²) >= 11 is 3.10. The molecule has 1 saturated carbocycles. The molecule has 124 valence electrons. The smallest absolute Gasteiger partial charge is 0.251 e. The third-order valence-corrected chi connectivity index (χ3v) is 4.28. The number of hydrogen-bond acceptors (Lipinski definition) is 2. The van der Waals surface area contributed by atoms with Crippen LogP contribution in [0, 0.1) is 5.82 Å². The molecule has 0 aliphatic heterocycles. The van der Waals surface area contributed by atoms with Crippen molar-refractivity contribution in [3.05, 3.63) is 63.9 Å². The predicted molar refractivity (Wildman–Crippen MR) is 93.4 cm³/mol. The van der Waals surface area contributed by atoms with E-state index in [0.717, 1.165) is 12.8 Å². The highest BCUT2D eigenvalue weighted by Gasteiger charge is 2.23. The van der Waals surface area contributed by atoms with Crippen LogP contribution >= 0.6 is 15.9 Å². The molecule has 1 aliphatic rings. The van der Waals surface area contributed by atoms with Crippen LogP contribution in [0.2, 0.25) is 0 Å². The lowest BCUT2D eigenvalue weighted by Crippen LogP contribution is -2.25. The van der Waals surface area contributed by atoms with Crippen molar-refractivity contribution in [3.8, 4) is 0 Å². The minimum Gasteiger partial charge on any atom is -0.349 e. The number of hydrogen-bond donors (Lipinski definition) is 2. The Morgan fingerprint density at radius 1 is 1.17 bits per heavy atom. The van der Waals surface area contributed by atoms with E-state index in [1.54, 1.807) is 36.4 Å². The first-order chi connectivity index (χ1) is 11.5. The first-order valence-electron chi connectivity index (χ1n) is 7.66. The lowest BCUT2D eigenvalue weighted by molar-refractivity contribution is -0.115. The number of rotatable bonds is 5. The van der Waals surface area contributed by atoms with Gasteiger partial charge in [0.25, 0.3) is 5.91 Å². The van der Waals surface area contributed by atoms with Gasteiger partial charge in [0.1, 0.15) is 5.82 Å². The van der Waals surface area contributed by atoms with E-state index < -0.39 is 0 Å². The maximum Gasteiger partial charge on any atom is 0.251 e. The molecule has 0 atom stereocenters. The van der Waals surface area contributed by atoms with E-state index in [0.29, 0.717) is 21.3 Å². The summed E-state index contributed by atoms with van der Waals surface area (Å²) in [5, 5.41) is 5.67. The highest BCUT2D eigenvalue weighted by molar-refractivity contribution is 9.10. The van der Waals surface area contributed by atoms with Crippen molar-refractivity contribution < 1.29 is 14.0 Å². The molecule has 0 heterocycles. The lowest BCUT2D eigenvalue weighted by atomic mass is 10.1. The Labute approximate surface area is 147 Å². The molecule has 24 heavy (non-hydrogen) atoms. The Bertz CT molecular complexity index is 790. The largest absolute Gasteiger partial charge is 0.349 e. The third kappa shape index (κ3) is 4.41. The van der Waals surface area contributed by atoms with Gasteiger partial charge in [-0.05, 0) is 64.7 Å². The molecule has 0 radical (unpaired) electrons. The summed E-state index contributed by atoms with van der Waals surface area (Å²) in [5.74, 6) is -0.724. The number of amides is 2. The molecule has 0 spiro atoms. The van der Waals surface area contributed by atoms with Crippen molar-refractivity contribution >= 4 is 33.4 Å². The van der Waals surface area contributed by atoms with Gasteiger partial charge in [-0.3, -0.25) is 9.59 Å². The molecule has 1 fully saturated rings. The second kappa shape index (κ2) is 7.13. The van der Waals surface area contributed by atoms with Crippen LogP contribution in [0.15, 0.2) is 46.9 Å². The van der Waals surface area contributed by atoms with Crippen molar-refractivity contribution in [2.45, 2.75) is 25.3 Å². The average molecular weight is 391 g/mol. The summed E-state index contributed by atoms with van der Waals surface area (Å²) in [6.07, 6.45) is 2.17. The molecule has 2 aromatic rings. The zero-order valence-electron chi connectivity index (χ0n) is 12.8. The van der Waals surface area contributed by atoms with Gasteiger partial charge in [-0.1, -0.05) is 12.1 Å². The van der Waals surface area contributed by atoms with Crippen molar-refractivity contribution in [2.75, 3.05) is 5.32 Å². The van der Waals surface area contributed by atoms with E-state index in [4.69, 9.17) is 0 Å². The molecule has 1 aliphatic carbocycles. The Hall–Kier alpha value is -2.21. The molecule has 0 saturated heterocycles. The summed E-state index contributed by atoms with van der Waals surface area (Å²) in [6, 6.07) is 11.6. The van der Waals surface area contributed by atoms with E-state index in [-0.39, 0.29) is 30.1 Å². The molecule has 6 heteroatoms.